The molecule has 1 atom stereocenters. The Kier molecular flexibility index (Phi) is 3.15. The van der Waals surface area contributed by atoms with Crippen molar-refractivity contribution in [2.45, 2.75) is 6.10 Å². The summed E-state index contributed by atoms with van der Waals surface area (Å²) in [6.45, 7) is 0. The molecule has 0 aliphatic heterocycles. The van der Waals surface area contributed by atoms with Crippen molar-refractivity contribution in [3.05, 3.63) is 66.3 Å². The van der Waals surface area contributed by atoms with Gasteiger partial charge in [-0.1, -0.05) is 60.7 Å². The Morgan fingerprint density at radius 2 is 1.87 bits per heavy atom. The fourth-order valence-corrected chi connectivity index (χ4v) is 1.57. The Bertz CT molecular complexity index is 399. The van der Waals surface area contributed by atoms with E-state index in [0.29, 0.717) is 0 Å². The second kappa shape index (κ2) is 4.76. The SMILES string of the molecule is COC1C=CC=C(c2ccccc2)C=C1. The van der Waals surface area contributed by atoms with Gasteiger partial charge in [-0.15, -0.1) is 0 Å². The van der Waals surface area contributed by atoms with Crippen molar-refractivity contribution < 1.29 is 4.74 Å². The molecule has 0 aromatic heterocycles. The van der Waals surface area contributed by atoms with Crippen molar-refractivity contribution in [1.29, 1.82) is 0 Å². The Morgan fingerprint density at radius 3 is 2.60 bits per heavy atom. The monoisotopic (exact) mass is 198 g/mol. The van der Waals surface area contributed by atoms with Crippen molar-refractivity contribution in [2.75, 3.05) is 7.11 Å². The highest BCUT2D eigenvalue weighted by atomic mass is 16.5. The molecule has 1 aliphatic rings. The van der Waals surface area contributed by atoms with Gasteiger partial charge < -0.3 is 4.74 Å². The van der Waals surface area contributed by atoms with Crippen LogP contribution in [-0.2, 0) is 4.74 Å². The van der Waals surface area contributed by atoms with E-state index >= 15 is 0 Å². The van der Waals surface area contributed by atoms with Gasteiger partial charge in [0.15, 0.2) is 0 Å². The van der Waals surface area contributed by atoms with Crippen molar-refractivity contribution in [1.82, 2.24) is 0 Å². The first kappa shape index (κ1) is 9.94. The van der Waals surface area contributed by atoms with Crippen LogP contribution in [0.25, 0.3) is 5.57 Å². The quantitative estimate of drug-likeness (QED) is 0.709. The first-order valence-corrected chi connectivity index (χ1v) is 5.05. The van der Waals surface area contributed by atoms with E-state index in [1.165, 1.54) is 11.1 Å². The summed E-state index contributed by atoms with van der Waals surface area (Å²) in [5.74, 6) is 0. The zero-order chi connectivity index (χ0) is 10.5. The summed E-state index contributed by atoms with van der Waals surface area (Å²) >= 11 is 0. The summed E-state index contributed by atoms with van der Waals surface area (Å²) in [6, 6.07) is 10.3. The molecule has 0 saturated carbocycles. The molecule has 0 amide bonds. The Labute approximate surface area is 90.4 Å². The Morgan fingerprint density at radius 1 is 1.07 bits per heavy atom. The van der Waals surface area contributed by atoms with Crippen LogP contribution in [0.4, 0.5) is 0 Å². The van der Waals surface area contributed by atoms with Gasteiger partial charge in [0.1, 0.15) is 0 Å². The van der Waals surface area contributed by atoms with Crippen LogP contribution in [0.3, 0.4) is 0 Å². The van der Waals surface area contributed by atoms with Crippen molar-refractivity contribution in [3.63, 3.8) is 0 Å². The molecule has 0 bridgehead atoms. The average Bonchev–Trinajstić information content (AvgIpc) is 2.55. The lowest BCUT2D eigenvalue weighted by Gasteiger charge is -2.03. The van der Waals surface area contributed by atoms with Gasteiger partial charge in [0, 0.05) is 7.11 Å². The normalized spacial score (nSPS) is 19.8. The molecular formula is C14H14O. The van der Waals surface area contributed by atoms with E-state index in [-0.39, 0.29) is 6.10 Å². The fraction of sp³-hybridized carbons (Fsp3) is 0.143. The fourth-order valence-electron chi connectivity index (χ4n) is 1.57. The predicted molar refractivity (Wildman–Crippen MR) is 63.5 cm³/mol. The molecule has 1 nitrogen and oxygen atoms in total. The first-order chi connectivity index (χ1) is 7.40. The summed E-state index contributed by atoms with van der Waals surface area (Å²) in [5.41, 5.74) is 2.45. The number of allylic oxidation sites excluding steroid dienone is 4. The van der Waals surface area contributed by atoms with Crippen LogP contribution in [0.1, 0.15) is 5.56 Å². The molecule has 2 rings (SSSR count). The third-order valence-corrected chi connectivity index (χ3v) is 2.42. The third kappa shape index (κ3) is 2.45. The van der Waals surface area contributed by atoms with E-state index in [0.717, 1.165) is 0 Å². The molecule has 1 aliphatic carbocycles. The van der Waals surface area contributed by atoms with Gasteiger partial charge in [-0.3, -0.25) is 0 Å². The van der Waals surface area contributed by atoms with E-state index < -0.39 is 0 Å². The molecule has 0 fully saturated rings. The molecule has 0 heterocycles. The minimum atomic E-state index is 0.0856. The lowest BCUT2D eigenvalue weighted by atomic mass is 10.1. The van der Waals surface area contributed by atoms with Crippen molar-refractivity contribution >= 4 is 5.57 Å². The maximum absolute atomic E-state index is 5.25. The lowest BCUT2D eigenvalue weighted by Crippen LogP contribution is -2.00. The van der Waals surface area contributed by atoms with Gasteiger partial charge >= 0.3 is 0 Å². The number of rotatable bonds is 2. The molecule has 0 radical (unpaired) electrons. The zero-order valence-corrected chi connectivity index (χ0v) is 8.76. The van der Waals surface area contributed by atoms with Gasteiger partial charge in [-0.2, -0.15) is 0 Å². The van der Waals surface area contributed by atoms with Crippen LogP contribution < -0.4 is 0 Å². The molecule has 76 valence electrons. The Balaban J connectivity index is 2.26. The van der Waals surface area contributed by atoms with Gasteiger partial charge in [-0.25, -0.2) is 0 Å². The molecule has 15 heavy (non-hydrogen) atoms. The minimum Gasteiger partial charge on any atom is -0.373 e. The second-order valence-electron chi connectivity index (χ2n) is 3.43. The average molecular weight is 198 g/mol. The summed E-state index contributed by atoms with van der Waals surface area (Å²) in [7, 11) is 1.72. The third-order valence-electron chi connectivity index (χ3n) is 2.42. The highest BCUT2D eigenvalue weighted by Gasteiger charge is 2.02. The summed E-state index contributed by atoms with van der Waals surface area (Å²) < 4.78 is 5.25. The van der Waals surface area contributed by atoms with E-state index in [1.807, 2.05) is 30.4 Å². The number of ether oxygens (including phenoxy) is 1. The van der Waals surface area contributed by atoms with Crippen LogP contribution in [0.15, 0.2) is 60.7 Å². The van der Waals surface area contributed by atoms with Gasteiger partial charge in [0.05, 0.1) is 6.10 Å². The standard InChI is InChI=1S/C14H14O/c1-15-14-9-5-8-13(10-11-14)12-6-3-2-4-7-12/h2-11,14H,1H3. The van der Waals surface area contributed by atoms with Gasteiger partial charge in [0.25, 0.3) is 0 Å². The summed E-state index contributed by atoms with van der Waals surface area (Å²) in [4.78, 5) is 0. The highest BCUT2D eigenvalue weighted by molar-refractivity contribution is 5.75. The van der Waals surface area contributed by atoms with E-state index in [1.54, 1.807) is 7.11 Å². The topological polar surface area (TPSA) is 9.23 Å². The van der Waals surface area contributed by atoms with Crippen LogP contribution >= 0.6 is 0 Å². The number of hydrogen-bond donors (Lipinski definition) is 0. The second-order valence-corrected chi connectivity index (χ2v) is 3.43. The van der Waals surface area contributed by atoms with Crippen LogP contribution in [0, 0.1) is 0 Å². The van der Waals surface area contributed by atoms with Crippen LogP contribution in [0.5, 0.6) is 0 Å². The zero-order valence-electron chi connectivity index (χ0n) is 8.76. The molecule has 1 unspecified atom stereocenters. The van der Waals surface area contributed by atoms with Gasteiger partial charge in [0.2, 0.25) is 0 Å². The summed E-state index contributed by atoms with van der Waals surface area (Å²) in [5, 5.41) is 0. The number of hydrogen-bond acceptors (Lipinski definition) is 1. The number of benzene rings is 1. The van der Waals surface area contributed by atoms with Crippen LogP contribution in [0.2, 0.25) is 0 Å². The Hall–Kier alpha value is -1.60. The molecule has 1 heteroatoms. The maximum Gasteiger partial charge on any atom is 0.0940 e. The van der Waals surface area contributed by atoms with E-state index in [9.17, 15) is 0 Å². The largest absolute Gasteiger partial charge is 0.373 e. The van der Waals surface area contributed by atoms with E-state index in [4.69, 9.17) is 4.74 Å². The molecule has 0 spiro atoms. The summed E-state index contributed by atoms with van der Waals surface area (Å²) in [6.07, 6.45) is 10.4. The number of methoxy groups -OCH3 is 1. The molecular weight excluding hydrogens is 184 g/mol. The minimum absolute atomic E-state index is 0.0856. The lowest BCUT2D eigenvalue weighted by molar-refractivity contribution is 0.178. The van der Waals surface area contributed by atoms with E-state index in [2.05, 4.69) is 30.4 Å². The van der Waals surface area contributed by atoms with Crippen molar-refractivity contribution in [2.24, 2.45) is 0 Å². The molecule has 1 aromatic rings. The first-order valence-electron chi connectivity index (χ1n) is 5.05. The highest BCUT2D eigenvalue weighted by Crippen LogP contribution is 2.18. The van der Waals surface area contributed by atoms with Crippen molar-refractivity contribution in [3.8, 4) is 0 Å². The molecule has 0 saturated heterocycles. The predicted octanol–water partition coefficient (Wildman–Crippen LogP) is 3.21. The van der Waals surface area contributed by atoms with Crippen LogP contribution in [-0.4, -0.2) is 13.2 Å². The maximum atomic E-state index is 5.25. The molecule has 0 N–H and O–H groups in total. The smallest absolute Gasteiger partial charge is 0.0940 e. The van der Waals surface area contributed by atoms with Gasteiger partial charge in [-0.05, 0) is 11.1 Å². The molecule has 1 aromatic carbocycles.